The van der Waals surface area contributed by atoms with Crippen molar-refractivity contribution in [3.05, 3.63) is 81.9 Å². The summed E-state index contributed by atoms with van der Waals surface area (Å²) in [6, 6.07) is 20.1. The highest BCUT2D eigenvalue weighted by atomic mass is 32.2. The first-order valence-corrected chi connectivity index (χ1v) is 11.2. The van der Waals surface area contributed by atoms with Gasteiger partial charge in [-0.2, -0.15) is 0 Å². The van der Waals surface area contributed by atoms with E-state index in [1.807, 2.05) is 53.9 Å². The number of hydrogen-bond donors (Lipinski definition) is 1. The van der Waals surface area contributed by atoms with Crippen molar-refractivity contribution < 1.29 is 19.1 Å². The largest absolute Gasteiger partial charge is 0.455 e. The van der Waals surface area contributed by atoms with Crippen molar-refractivity contribution in [1.29, 1.82) is 0 Å². The first-order chi connectivity index (χ1) is 15.1. The molecule has 0 aliphatic carbocycles. The number of hydrogen-bond acceptors (Lipinski definition) is 6. The quantitative estimate of drug-likeness (QED) is 0.474. The van der Waals surface area contributed by atoms with E-state index < -0.39 is 0 Å². The molecule has 156 valence electrons. The molecule has 0 unspecified atom stereocenters. The standard InChI is InChI=1S/C23H18N2O4S2/c26-21(24-18-10-4-5-11-19(18)29-16-7-2-1-3-8-16)12-13-25-22(27)20(31-23(25)28)15-17-9-6-14-30-17/h1-11,14-15H,12-13H2,(H,24,26)/b20-15+. The zero-order valence-electron chi connectivity index (χ0n) is 16.3. The summed E-state index contributed by atoms with van der Waals surface area (Å²) >= 11 is 2.38. The summed E-state index contributed by atoms with van der Waals surface area (Å²) in [6.07, 6.45) is 1.69. The second kappa shape index (κ2) is 9.63. The summed E-state index contributed by atoms with van der Waals surface area (Å²) in [7, 11) is 0. The predicted molar refractivity (Wildman–Crippen MR) is 123 cm³/mol. The van der Waals surface area contributed by atoms with Crippen molar-refractivity contribution >= 4 is 51.9 Å². The van der Waals surface area contributed by atoms with E-state index in [4.69, 9.17) is 4.74 Å². The lowest BCUT2D eigenvalue weighted by Crippen LogP contribution is -2.31. The summed E-state index contributed by atoms with van der Waals surface area (Å²) in [4.78, 5) is 39.6. The van der Waals surface area contributed by atoms with Crippen LogP contribution < -0.4 is 10.1 Å². The molecule has 31 heavy (non-hydrogen) atoms. The van der Waals surface area contributed by atoms with Crippen LogP contribution >= 0.6 is 23.1 Å². The van der Waals surface area contributed by atoms with Gasteiger partial charge in [0.1, 0.15) is 5.75 Å². The van der Waals surface area contributed by atoms with Gasteiger partial charge in [0.25, 0.3) is 11.1 Å². The summed E-state index contributed by atoms with van der Waals surface area (Å²) in [5.74, 6) is 0.473. The van der Waals surface area contributed by atoms with Gasteiger partial charge in [-0.3, -0.25) is 19.3 Å². The van der Waals surface area contributed by atoms with Gasteiger partial charge in [-0.25, -0.2) is 0 Å². The van der Waals surface area contributed by atoms with Gasteiger partial charge in [-0.05, 0) is 53.5 Å². The van der Waals surface area contributed by atoms with Gasteiger partial charge in [0.15, 0.2) is 5.75 Å². The molecule has 1 aromatic heterocycles. The Bertz CT molecular complexity index is 1130. The molecule has 1 fully saturated rings. The van der Waals surface area contributed by atoms with Gasteiger partial charge in [-0.15, -0.1) is 11.3 Å². The number of thioether (sulfide) groups is 1. The fraction of sp³-hybridized carbons (Fsp3) is 0.0870. The molecule has 8 heteroatoms. The normalized spacial score (nSPS) is 14.8. The first kappa shape index (κ1) is 20.9. The molecule has 1 N–H and O–H groups in total. The average molecular weight is 451 g/mol. The van der Waals surface area contributed by atoms with Crippen LogP contribution in [-0.4, -0.2) is 28.5 Å². The maximum Gasteiger partial charge on any atom is 0.293 e. The Morgan fingerprint density at radius 2 is 1.77 bits per heavy atom. The van der Waals surface area contributed by atoms with Crippen LogP contribution in [0.2, 0.25) is 0 Å². The number of ether oxygens (including phenoxy) is 1. The van der Waals surface area contributed by atoms with E-state index in [-0.39, 0.29) is 30.0 Å². The number of para-hydroxylation sites is 3. The Morgan fingerprint density at radius 1 is 1.00 bits per heavy atom. The van der Waals surface area contributed by atoms with Gasteiger partial charge in [0, 0.05) is 17.8 Å². The van der Waals surface area contributed by atoms with Gasteiger partial charge < -0.3 is 10.1 Å². The van der Waals surface area contributed by atoms with E-state index in [1.165, 1.54) is 11.3 Å². The molecule has 0 bridgehead atoms. The minimum Gasteiger partial charge on any atom is -0.455 e. The molecule has 4 rings (SSSR count). The molecule has 0 radical (unpaired) electrons. The molecule has 2 heterocycles. The van der Waals surface area contributed by atoms with E-state index in [9.17, 15) is 14.4 Å². The summed E-state index contributed by atoms with van der Waals surface area (Å²) < 4.78 is 5.84. The Morgan fingerprint density at radius 3 is 2.55 bits per heavy atom. The van der Waals surface area contributed by atoms with Gasteiger partial charge in [0.2, 0.25) is 5.91 Å². The van der Waals surface area contributed by atoms with Crippen LogP contribution in [0, 0.1) is 0 Å². The number of carbonyl (C=O) groups is 3. The highest BCUT2D eigenvalue weighted by Crippen LogP contribution is 2.33. The van der Waals surface area contributed by atoms with E-state index in [2.05, 4.69) is 5.32 Å². The van der Waals surface area contributed by atoms with Crippen molar-refractivity contribution in [1.82, 2.24) is 4.90 Å². The fourth-order valence-corrected chi connectivity index (χ4v) is 4.48. The first-order valence-electron chi connectivity index (χ1n) is 9.51. The van der Waals surface area contributed by atoms with Crippen molar-refractivity contribution in [2.45, 2.75) is 6.42 Å². The zero-order valence-corrected chi connectivity index (χ0v) is 17.9. The molecular weight excluding hydrogens is 432 g/mol. The third-order valence-electron chi connectivity index (χ3n) is 4.38. The van der Waals surface area contributed by atoms with Gasteiger partial charge in [0.05, 0.1) is 10.6 Å². The number of thiophene rings is 1. The van der Waals surface area contributed by atoms with E-state index in [1.54, 1.807) is 24.3 Å². The van der Waals surface area contributed by atoms with E-state index in [0.717, 1.165) is 21.5 Å². The van der Waals surface area contributed by atoms with Gasteiger partial charge in [-0.1, -0.05) is 36.4 Å². The lowest BCUT2D eigenvalue weighted by atomic mass is 10.2. The minimum absolute atomic E-state index is 0.00993. The van der Waals surface area contributed by atoms with Crippen LogP contribution in [0.1, 0.15) is 11.3 Å². The molecule has 2 aromatic carbocycles. The number of anilines is 1. The number of nitrogens with zero attached hydrogens (tertiary/aromatic N) is 1. The third-order valence-corrected chi connectivity index (χ3v) is 6.11. The van der Waals surface area contributed by atoms with Crippen LogP contribution in [0.5, 0.6) is 11.5 Å². The number of amides is 3. The smallest absolute Gasteiger partial charge is 0.293 e. The van der Waals surface area contributed by atoms with E-state index >= 15 is 0 Å². The lowest BCUT2D eigenvalue weighted by molar-refractivity contribution is -0.123. The number of benzene rings is 2. The second-order valence-electron chi connectivity index (χ2n) is 6.56. The Kier molecular flexibility index (Phi) is 6.49. The molecule has 3 amide bonds. The topological polar surface area (TPSA) is 75.7 Å². The minimum atomic E-state index is -0.371. The van der Waals surface area contributed by atoms with Crippen molar-refractivity contribution in [3.8, 4) is 11.5 Å². The predicted octanol–water partition coefficient (Wildman–Crippen LogP) is 5.61. The molecule has 1 aliphatic heterocycles. The lowest BCUT2D eigenvalue weighted by Gasteiger charge is -2.14. The second-order valence-corrected chi connectivity index (χ2v) is 8.53. The molecule has 6 nitrogen and oxygen atoms in total. The zero-order chi connectivity index (χ0) is 21.6. The van der Waals surface area contributed by atoms with Crippen molar-refractivity contribution in [2.75, 3.05) is 11.9 Å². The summed E-state index contributed by atoms with van der Waals surface area (Å²) in [6.45, 7) is 0.0139. The molecule has 3 aromatic rings. The Labute approximate surface area is 187 Å². The molecular formula is C23H18N2O4S2. The van der Waals surface area contributed by atoms with Crippen molar-refractivity contribution in [2.24, 2.45) is 0 Å². The molecule has 0 spiro atoms. The number of nitrogens with one attached hydrogen (secondary N) is 1. The third kappa shape index (κ3) is 5.22. The number of carbonyl (C=O) groups excluding carboxylic acids is 3. The van der Waals surface area contributed by atoms with Crippen LogP contribution in [-0.2, 0) is 9.59 Å². The SMILES string of the molecule is O=C(CCN1C(=O)S/C(=C/c2cccs2)C1=O)Nc1ccccc1Oc1ccccc1. The maximum atomic E-state index is 12.5. The number of imide groups is 1. The fourth-order valence-electron chi connectivity index (χ4n) is 2.90. The van der Waals surface area contributed by atoms with Crippen molar-refractivity contribution in [3.63, 3.8) is 0 Å². The van der Waals surface area contributed by atoms with Crippen LogP contribution in [0.3, 0.4) is 0 Å². The van der Waals surface area contributed by atoms with Crippen LogP contribution in [0.25, 0.3) is 6.08 Å². The highest BCUT2D eigenvalue weighted by Gasteiger charge is 2.35. The summed E-state index contributed by atoms with van der Waals surface area (Å²) in [5, 5.41) is 4.33. The summed E-state index contributed by atoms with van der Waals surface area (Å²) in [5.41, 5.74) is 0.517. The van der Waals surface area contributed by atoms with E-state index in [0.29, 0.717) is 22.1 Å². The Balaban J connectivity index is 1.37. The molecule has 1 saturated heterocycles. The maximum absolute atomic E-state index is 12.5. The number of rotatable bonds is 7. The average Bonchev–Trinajstić information content (AvgIpc) is 3.37. The highest BCUT2D eigenvalue weighted by molar-refractivity contribution is 8.18. The van der Waals surface area contributed by atoms with Crippen LogP contribution in [0.4, 0.5) is 10.5 Å². The monoisotopic (exact) mass is 450 g/mol. The molecule has 0 atom stereocenters. The molecule has 0 saturated carbocycles. The molecule has 1 aliphatic rings. The van der Waals surface area contributed by atoms with Gasteiger partial charge >= 0.3 is 0 Å². The Hall–Kier alpha value is -3.36. The van der Waals surface area contributed by atoms with Crippen LogP contribution in [0.15, 0.2) is 77.0 Å².